The second-order valence-corrected chi connectivity index (χ2v) is 5.98. The van der Waals surface area contributed by atoms with Crippen LogP contribution < -0.4 is 10.6 Å². The van der Waals surface area contributed by atoms with Gasteiger partial charge in [0.05, 0.1) is 0 Å². The molecule has 4 heteroatoms. The van der Waals surface area contributed by atoms with Gasteiger partial charge in [-0.05, 0) is 56.6 Å². The highest BCUT2D eigenvalue weighted by Crippen LogP contribution is 2.28. The molecule has 1 aromatic rings. The predicted molar refractivity (Wildman–Crippen MR) is 83.1 cm³/mol. The van der Waals surface area contributed by atoms with Gasteiger partial charge in [0.25, 0.3) is 0 Å². The molecule has 0 saturated carbocycles. The molecule has 0 bridgehead atoms. The van der Waals surface area contributed by atoms with Gasteiger partial charge in [0.1, 0.15) is 0 Å². The highest BCUT2D eigenvalue weighted by atomic mass is 35.5. The lowest BCUT2D eigenvalue weighted by Crippen LogP contribution is -2.28. The lowest BCUT2D eigenvalue weighted by atomic mass is 10.1. The molecule has 0 aromatic heterocycles. The van der Waals surface area contributed by atoms with Gasteiger partial charge in [0, 0.05) is 30.8 Å². The molecule has 2 N–H and O–H groups in total. The minimum Gasteiger partial charge on any atom is -0.374 e. The summed E-state index contributed by atoms with van der Waals surface area (Å²) in [6.45, 7) is 4.12. The van der Waals surface area contributed by atoms with Crippen LogP contribution in [0.4, 0.5) is 5.69 Å². The van der Waals surface area contributed by atoms with Crippen LogP contribution in [0.2, 0.25) is 5.02 Å². The molecule has 1 atom stereocenters. The number of hydrogen-bond acceptors (Lipinski definition) is 3. The summed E-state index contributed by atoms with van der Waals surface area (Å²) in [5.74, 6) is 0.750. The van der Waals surface area contributed by atoms with Gasteiger partial charge in [0.2, 0.25) is 0 Å². The molecule has 0 aliphatic carbocycles. The van der Waals surface area contributed by atoms with Crippen molar-refractivity contribution in [1.82, 2.24) is 4.90 Å². The third kappa shape index (κ3) is 3.62. The fourth-order valence-corrected chi connectivity index (χ4v) is 3.22. The molecule has 3 nitrogen and oxygen atoms in total. The van der Waals surface area contributed by atoms with E-state index in [9.17, 15) is 0 Å². The lowest BCUT2D eigenvalue weighted by molar-refractivity contribution is 0.396. The smallest absolute Gasteiger partial charge is 0.0459 e. The molecule has 2 rings (SSSR count). The van der Waals surface area contributed by atoms with Crippen LogP contribution in [0.25, 0.3) is 0 Å². The van der Waals surface area contributed by atoms with E-state index in [4.69, 9.17) is 17.3 Å². The number of nitrogens with zero attached hydrogens (tertiary/aromatic N) is 2. The van der Waals surface area contributed by atoms with Gasteiger partial charge in [-0.15, -0.1) is 0 Å². The first-order chi connectivity index (χ1) is 9.11. The number of halogens is 1. The van der Waals surface area contributed by atoms with Crippen molar-refractivity contribution in [2.24, 2.45) is 11.7 Å². The maximum Gasteiger partial charge on any atom is 0.0459 e. The third-order valence-corrected chi connectivity index (χ3v) is 4.27. The second-order valence-electron chi connectivity index (χ2n) is 5.57. The Morgan fingerprint density at radius 1 is 1.47 bits per heavy atom. The number of hydrogen-bond donors (Lipinski definition) is 1. The van der Waals surface area contributed by atoms with Crippen molar-refractivity contribution < 1.29 is 0 Å². The van der Waals surface area contributed by atoms with Gasteiger partial charge >= 0.3 is 0 Å². The topological polar surface area (TPSA) is 32.5 Å². The Bertz CT molecular complexity index is 422. The van der Waals surface area contributed by atoms with Crippen molar-refractivity contribution in [3.05, 3.63) is 28.8 Å². The monoisotopic (exact) mass is 281 g/mol. The van der Waals surface area contributed by atoms with E-state index in [-0.39, 0.29) is 0 Å². The van der Waals surface area contributed by atoms with Gasteiger partial charge in [-0.1, -0.05) is 17.7 Å². The van der Waals surface area contributed by atoms with Gasteiger partial charge in [-0.3, -0.25) is 0 Å². The van der Waals surface area contributed by atoms with Gasteiger partial charge in [0.15, 0.2) is 0 Å². The first kappa shape index (κ1) is 14.6. The summed E-state index contributed by atoms with van der Waals surface area (Å²) in [5, 5.41) is 0.832. The van der Waals surface area contributed by atoms with Gasteiger partial charge < -0.3 is 15.5 Å². The first-order valence-corrected chi connectivity index (χ1v) is 7.36. The van der Waals surface area contributed by atoms with Crippen molar-refractivity contribution in [1.29, 1.82) is 0 Å². The molecule has 1 aromatic carbocycles. The van der Waals surface area contributed by atoms with Crippen molar-refractivity contribution in [2.75, 3.05) is 45.2 Å². The molecule has 106 valence electrons. The maximum absolute atomic E-state index is 6.30. The molecular formula is C15H24ClN3. The molecular weight excluding hydrogens is 258 g/mol. The number of rotatable bonds is 5. The van der Waals surface area contributed by atoms with Gasteiger partial charge in [-0.25, -0.2) is 0 Å². The van der Waals surface area contributed by atoms with Gasteiger partial charge in [-0.2, -0.15) is 0 Å². The molecule has 1 saturated heterocycles. The summed E-state index contributed by atoms with van der Waals surface area (Å²) in [6.07, 6.45) is 2.12. The van der Waals surface area contributed by atoms with E-state index in [1.54, 1.807) is 0 Å². The molecule has 0 radical (unpaired) electrons. The van der Waals surface area contributed by atoms with Crippen molar-refractivity contribution in [2.45, 2.75) is 12.8 Å². The van der Waals surface area contributed by atoms with Crippen LogP contribution in [-0.2, 0) is 6.42 Å². The third-order valence-electron chi connectivity index (χ3n) is 3.92. The molecule has 1 unspecified atom stereocenters. The van der Waals surface area contributed by atoms with Crippen LogP contribution in [0.15, 0.2) is 18.2 Å². The fourth-order valence-electron chi connectivity index (χ4n) is 2.96. The Kier molecular flexibility index (Phi) is 5.08. The standard InChI is InChI=1S/C15H24ClN3/c1-18-9-7-12(10-18)11-19(2)15-5-3-4-14(16)13(15)6-8-17/h3-5,12H,6-11,17H2,1-2H3. The Morgan fingerprint density at radius 2 is 2.26 bits per heavy atom. The van der Waals surface area contributed by atoms with E-state index in [0.29, 0.717) is 6.54 Å². The Labute approximate surface area is 121 Å². The Morgan fingerprint density at radius 3 is 2.89 bits per heavy atom. The summed E-state index contributed by atoms with van der Waals surface area (Å²) in [7, 11) is 4.35. The second kappa shape index (κ2) is 6.60. The molecule has 1 fully saturated rings. The van der Waals surface area contributed by atoms with Crippen LogP contribution in [0.5, 0.6) is 0 Å². The molecule has 19 heavy (non-hydrogen) atoms. The Hall–Kier alpha value is -0.770. The van der Waals surface area contributed by atoms with Crippen LogP contribution in [0.3, 0.4) is 0 Å². The van der Waals surface area contributed by atoms with Crippen LogP contribution in [-0.4, -0.2) is 45.2 Å². The van der Waals surface area contributed by atoms with E-state index in [1.807, 2.05) is 12.1 Å². The molecule has 1 aliphatic rings. The Balaban J connectivity index is 2.09. The van der Waals surface area contributed by atoms with E-state index < -0.39 is 0 Å². The largest absolute Gasteiger partial charge is 0.374 e. The zero-order valence-corrected chi connectivity index (χ0v) is 12.7. The maximum atomic E-state index is 6.30. The van der Waals surface area contributed by atoms with E-state index in [1.165, 1.54) is 30.8 Å². The summed E-state index contributed by atoms with van der Waals surface area (Å²) < 4.78 is 0. The molecule has 0 amide bonds. The van der Waals surface area contributed by atoms with E-state index in [2.05, 4.69) is 30.0 Å². The van der Waals surface area contributed by atoms with Crippen molar-refractivity contribution in [3.8, 4) is 0 Å². The van der Waals surface area contributed by atoms with E-state index in [0.717, 1.165) is 23.9 Å². The summed E-state index contributed by atoms with van der Waals surface area (Å²) in [5.41, 5.74) is 8.11. The fraction of sp³-hybridized carbons (Fsp3) is 0.600. The number of benzene rings is 1. The lowest BCUT2D eigenvalue weighted by Gasteiger charge is -2.26. The quantitative estimate of drug-likeness (QED) is 0.898. The van der Waals surface area contributed by atoms with Crippen LogP contribution in [0.1, 0.15) is 12.0 Å². The SMILES string of the molecule is CN1CCC(CN(C)c2cccc(Cl)c2CCN)C1. The molecule has 1 heterocycles. The average Bonchev–Trinajstić information content (AvgIpc) is 2.77. The first-order valence-electron chi connectivity index (χ1n) is 6.99. The zero-order chi connectivity index (χ0) is 13.8. The summed E-state index contributed by atoms with van der Waals surface area (Å²) >= 11 is 6.30. The normalized spacial score (nSPS) is 19.9. The number of nitrogens with two attached hydrogens (primary N) is 1. The van der Waals surface area contributed by atoms with Crippen LogP contribution >= 0.6 is 11.6 Å². The van der Waals surface area contributed by atoms with Crippen molar-refractivity contribution >= 4 is 17.3 Å². The number of anilines is 1. The number of likely N-dealkylation sites (tertiary alicyclic amines) is 1. The molecule has 0 spiro atoms. The predicted octanol–water partition coefficient (Wildman–Crippen LogP) is 2.23. The average molecular weight is 282 g/mol. The van der Waals surface area contributed by atoms with Crippen LogP contribution in [0, 0.1) is 5.92 Å². The minimum atomic E-state index is 0.636. The summed E-state index contributed by atoms with van der Waals surface area (Å²) in [4.78, 5) is 4.73. The van der Waals surface area contributed by atoms with E-state index >= 15 is 0 Å². The summed E-state index contributed by atoms with van der Waals surface area (Å²) in [6, 6.07) is 6.12. The van der Waals surface area contributed by atoms with Crippen molar-refractivity contribution in [3.63, 3.8) is 0 Å². The zero-order valence-electron chi connectivity index (χ0n) is 11.9. The minimum absolute atomic E-state index is 0.636. The highest BCUT2D eigenvalue weighted by Gasteiger charge is 2.21. The molecule has 1 aliphatic heterocycles. The highest BCUT2D eigenvalue weighted by molar-refractivity contribution is 6.31.